The molecule has 2 atom stereocenters. The second-order valence-corrected chi connectivity index (χ2v) is 7.84. The molecule has 28 heavy (non-hydrogen) atoms. The van der Waals surface area contributed by atoms with Gasteiger partial charge < -0.3 is 20.1 Å². The molecule has 8 nitrogen and oxygen atoms in total. The van der Waals surface area contributed by atoms with Gasteiger partial charge in [0.25, 0.3) is 6.47 Å². The van der Waals surface area contributed by atoms with Gasteiger partial charge in [-0.05, 0) is 19.8 Å². The average molecular weight is 396 g/mol. The number of aryl methyl sites for hydroxylation is 1. The van der Waals surface area contributed by atoms with Gasteiger partial charge in [0.1, 0.15) is 5.76 Å². The van der Waals surface area contributed by atoms with Crippen LogP contribution in [0.2, 0.25) is 0 Å². The first-order chi connectivity index (χ1) is 13.5. The number of amides is 1. The summed E-state index contributed by atoms with van der Waals surface area (Å²) in [6.07, 6.45) is 8.13. The third-order valence-electron chi connectivity index (χ3n) is 5.50. The van der Waals surface area contributed by atoms with E-state index in [0.29, 0.717) is 32.0 Å². The van der Waals surface area contributed by atoms with Crippen LogP contribution >= 0.6 is 0 Å². The number of carbonyl (C=O) groups is 2. The lowest BCUT2D eigenvalue weighted by atomic mass is 10.0. The molecule has 2 heterocycles. The van der Waals surface area contributed by atoms with Crippen LogP contribution in [0.25, 0.3) is 0 Å². The summed E-state index contributed by atoms with van der Waals surface area (Å²) in [6, 6.07) is 2.29. The Morgan fingerprint density at radius 1 is 1.32 bits per heavy atom. The van der Waals surface area contributed by atoms with Crippen molar-refractivity contribution in [3.8, 4) is 0 Å². The lowest BCUT2D eigenvalue weighted by molar-refractivity contribution is -0.123. The molecule has 0 radical (unpaired) electrons. The van der Waals surface area contributed by atoms with Crippen LogP contribution < -0.4 is 5.32 Å². The maximum Gasteiger partial charge on any atom is 0.290 e. The molecule has 1 amide bonds. The SMILES string of the molecule is Cc1cc(C[C@@H]2CN(CCC(=O)NC3CCCCCC3)C[C@@H]2O)on1.O=CO. The van der Waals surface area contributed by atoms with E-state index in [1.807, 2.05) is 13.0 Å². The second kappa shape index (κ2) is 11.8. The van der Waals surface area contributed by atoms with Crippen molar-refractivity contribution in [1.29, 1.82) is 0 Å². The molecule has 1 aromatic rings. The van der Waals surface area contributed by atoms with Gasteiger partial charge in [0.05, 0.1) is 11.8 Å². The molecule has 1 aliphatic heterocycles. The van der Waals surface area contributed by atoms with Crippen LogP contribution in [0.3, 0.4) is 0 Å². The van der Waals surface area contributed by atoms with Gasteiger partial charge in [-0.25, -0.2) is 0 Å². The van der Waals surface area contributed by atoms with Crippen LogP contribution in [0.1, 0.15) is 56.4 Å². The van der Waals surface area contributed by atoms with Crippen LogP contribution in [0.15, 0.2) is 10.6 Å². The van der Waals surface area contributed by atoms with Crippen molar-refractivity contribution in [1.82, 2.24) is 15.4 Å². The van der Waals surface area contributed by atoms with Crippen LogP contribution in [0, 0.1) is 12.8 Å². The van der Waals surface area contributed by atoms with Crippen LogP contribution in [-0.4, -0.2) is 64.4 Å². The van der Waals surface area contributed by atoms with Gasteiger partial charge in [-0.3, -0.25) is 14.5 Å². The number of nitrogens with one attached hydrogen (secondary N) is 1. The zero-order valence-corrected chi connectivity index (χ0v) is 16.7. The number of hydrogen-bond acceptors (Lipinski definition) is 6. The van der Waals surface area contributed by atoms with Gasteiger partial charge in [-0.1, -0.05) is 30.8 Å². The molecular formula is C20H33N3O5. The van der Waals surface area contributed by atoms with E-state index in [1.165, 1.54) is 25.7 Å². The summed E-state index contributed by atoms with van der Waals surface area (Å²) in [5, 5.41) is 24.3. The first-order valence-corrected chi connectivity index (χ1v) is 10.2. The van der Waals surface area contributed by atoms with E-state index in [-0.39, 0.29) is 24.4 Å². The molecule has 1 saturated heterocycles. The summed E-state index contributed by atoms with van der Waals surface area (Å²) in [7, 11) is 0. The molecular weight excluding hydrogens is 362 g/mol. The molecule has 1 aromatic heterocycles. The fourth-order valence-electron chi connectivity index (χ4n) is 4.08. The highest BCUT2D eigenvalue weighted by molar-refractivity contribution is 5.76. The zero-order chi connectivity index (χ0) is 20.4. The minimum Gasteiger partial charge on any atom is -0.483 e. The fourth-order valence-corrected chi connectivity index (χ4v) is 4.08. The Balaban J connectivity index is 0.000000878. The Morgan fingerprint density at radius 2 is 2.00 bits per heavy atom. The normalized spacial score (nSPS) is 23.5. The van der Waals surface area contributed by atoms with Gasteiger partial charge in [0.2, 0.25) is 5.91 Å². The van der Waals surface area contributed by atoms with Gasteiger partial charge in [0.15, 0.2) is 0 Å². The smallest absolute Gasteiger partial charge is 0.290 e. The molecule has 2 fully saturated rings. The van der Waals surface area contributed by atoms with Crippen LogP contribution in [0.4, 0.5) is 0 Å². The Kier molecular flexibility index (Phi) is 9.43. The minimum absolute atomic E-state index is 0.149. The number of nitrogens with zero attached hydrogens (tertiary/aromatic N) is 2. The Labute approximate surface area is 166 Å². The summed E-state index contributed by atoms with van der Waals surface area (Å²) in [4.78, 5) is 22.8. The summed E-state index contributed by atoms with van der Waals surface area (Å²) in [5.41, 5.74) is 0.870. The van der Waals surface area contributed by atoms with E-state index in [0.717, 1.165) is 30.8 Å². The van der Waals surface area contributed by atoms with E-state index >= 15 is 0 Å². The van der Waals surface area contributed by atoms with Crippen molar-refractivity contribution in [2.24, 2.45) is 5.92 Å². The predicted octanol–water partition coefficient (Wildman–Crippen LogP) is 1.75. The number of carboxylic acid groups (broad SMARTS) is 1. The third-order valence-corrected chi connectivity index (χ3v) is 5.50. The first kappa shape index (κ1) is 22.4. The molecule has 1 saturated carbocycles. The van der Waals surface area contributed by atoms with Crippen molar-refractivity contribution in [3.05, 3.63) is 17.5 Å². The molecule has 0 aromatic carbocycles. The van der Waals surface area contributed by atoms with Gasteiger partial charge in [-0.15, -0.1) is 0 Å². The predicted molar refractivity (Wildman–Crippen MR) is 104 cm³/mol. The second-order valence-electron chi connectivity index (χ2n) is 7.84. The molecule has 3 N–H and O–H groups in total. The summed E-state index contributed by atoms with van der Waals surface area (Å²) in [6.45, 7) is 3.80. The molecule has 0 spiro atoms. The quantitative estimate of drug-likeness (QED) is 0.496. The highest BCUT2D eigenvalue weighted by atomic mass is 16.5. The largest absolute Gasteiger partial charge is 0.483 e. The van der Waals surface area contributed by atoms with Gasteiger partial charge in [-0.2, -0.15) is 0 Å². The van der Waals surface area contributed by atoms with Crippen molar-refractivity contribution in [2.75, 3.05) is 19.6 Å². The van der Waals surface area contributed by atoms with E-state index in [4.69, 9.17) is 14.4 Å². The van der Waals surface area contributed by atoms with Crippen molar-refractivity contribution in [2.45, 2.75) is 70.4 Å². The molecule has 3 rings (SSSR count). The van der Waals surface area contributed by atoms with E-state index in [9.17, 15) is 9.90 Å². The van der Waals surface area contributed by atoms with E-state index < -0.39 is 0 Å². The van der Waals surface area contributed by atoms with Gasteiger partial charge in [0, 0.05) is 50.5 Å². The molecule has 8 heteroatoms. The average Bonchev–Trinajstić information content (AvgIpc) is 3.11. The Hall–Kier alpha value is -1.93. The number of hydrogen-bond donors (Lipinski definition) is 3. The number of aliphatic hydroxyl groups excluding tert-OH is 1. The third kappa shape index (κ3) is 7.59. The van der Waals surface area contributed by atoms with Crippen LogP contribution in [0.5, 0.6) is 0 Å². The Morgan fingerprint density at radius 3 is 2.61 bits per heavy atom. The molecule has 0 bridgehead atoms. The monoisotopic (exact) mass is 395 g/mol. The lowest BCUT2D eigenvalue weighted by Crippen LogP contribution is -2.36. The summed E-state index contributed by atoms with van der Waals surface area (Å²) >= 11 is 0. The minimum atomic E-state index is -0.365. The molecule has 1 aliphatic carbocycles. The maximum atomic E-state index is 12.2. The maximum absolute atomic E-state index is 12.2. The highest BCUT2D eigenvalue weighted by Gasteiger charge is 2.32. The molecule has 158 valence electrons. The summed E-state index contributed by atoms with van der Waals surface area (Å²) < 4.78 is 5.26. The number of aromatic nitrogens is 1. The lowest BCUT2D eigenvalue weighted by Gasteiger charge is -2.18. The molecule has 2 aliphatic rings. The highest BCUT2D eigenvalue weighted by Crippen LogP contribution is 2.22. The van der Waals surface area contributed by atoms with E-state index in [2.05, 4.69) is 15.4 Å². The van der Waals surface area contributed by atoms with Crippen molar-refractivity contribution in [3.63, 3.8) is 0 Å². The van der Waals surface area contributed by atoms with Gasteiger partial charge >= 0.3 is 0 Å². The number of β-amino-alcohol motifs (C(OH)–C–C–N with tert-alkyl or cyclic N) is 1. The number of aliphatic hydroxyl groups is 1. The number of carbonyl (C=O) groups excluding carboxylic acids is 1. The number of likely N-dealkylation sites (tertiary alicyclic amines) is 1. The van der Waals surface area contributed by atoms with E-state index in [1.54, 1.807) is 0 Å². The summed E-state index contributed by atoms with van der Waals surface area (Å²) in [5.74, 6) is 1.13. The fraction of sp³-hybridized carbons (Fsp3) is 0.750. The first-order valence-electron chi connectivity index (χ1n) is 10.2. The van der Waals surface area contributed by atoms with Crippen molar-refractivity contribution >= 4 is 12.4 Å². The molecule has 0 unspecified atom stereocenters. The topological polar surface area (TPSA) is 116 Å². The van der Waals surface area contributed by atoms with Crippen LogP contribution in [-0.2, 0) is 16.0 Å². The standard InChI is InChI=1S/C19H31N3O3.CH2O2/c1-14-10-17(25-21-14)11-15-12-22(13-18(15)23)9-8-19(24)20-16-6-4-2-3-5-7-16;2-1-3/h10,15-16,18,23H,2-9,11-13H2,1H3,(H,20,24);1H,(H,2,3)/t15-,18+;/m1./s1. The van der Waals surface area contributed by atoms with Crippen molar-refractivity contribution < 1.29 is 24.3 Å². The zero-order valence-electron chi connectivity index (χ0n) is 16.7. The Bertz CT molecular complexity index is 598. The number of rotatable bonds is 6.